The Bertz CT molecular complexity index is 2690. The average Bonchev–Trinajstić information content (AvgIpc) is 3.66. The Morgan fingerprint density at radius 1 is 0.732 bits per heavy atom. The van der Waals surface area contributed by atoms with Crippen LogP contribution in [0.15, 0.2) is 119 Å². The monoisotopic (exact) mass is 981 g/mol. The molecule has 4 aromatic carbocycles. The lowest BCUT2D eigenvalue weighted by Gasteiger charge is -2.43. The van der Waals surface area contributed by atoms with E-state index in [1.165, 1.54) is 19.4 Å². The van der Waals surface area contributed by atoms with Gasteiger partial charge in [0, 0.05) is 39.2 Å². The topological polar surface area (TPSA) is 175 Å². The number of hydrogen-bond acceptors (Lipinski definition) is 14. The smallest absolute Gasteiger partial charge is 0.336 e. The first-order valence-electron chi connectivity index (χ1n) is 23.5. The van der Waals surface area contributed by atoms with Crippen molar-refractivity contribution in [1.29, 1.82) is 0 Å². The number of aliphatic hydroxyl groups excluding tert-OH is 1. The average molecular weight is 982 g/mol. The molecule has 71 heavy (non-hydrogen) atoms. The molecule has 3 heterocycles. The van der Waals surface area contributed by atoms with Gasteiger partial charge in [-0.15, -0.1) is 0 Å². The third-order valence-electron chi connectivity index (χ3n) is 12.9. The molecule has 4 atom stereocenters. The molecule has 2 fully saturated rings. The Morgan fingerprint density at radius 2 is 1.25 bits per heavy atom. The number of hydrogen-bond donors (Lipinski definition) is 1. The predicted molar refractivity (Wildman–Crippen MR) is 260 cm³/mol. The summed E-state index contributed by atoms with van der Waals surface area (Å²) in [7, 11) is 4.62. The van der Waals surface area contributed by atoms with Gasteiger partial charge in [0.15, 0.2) is 19.2 Å². The molecule has 2 saturated heterocycles. The highest BCUT2D eigenvalue weighted by molar-refractivity contribution is 5.75. The van der Waals surface area contributed by atoms with Crippen LogP contribution < -0.4 is 25.6 Å². The summed E-state index contributed by atoms with van der Waals surface area (Å²) in [5.74, 6) is -1.86. The van der Waals surface area contributed by atoms with Crippen molar-refractivity contribution < 1.29 is 57.0 Å². The molecule has 0 bridgehead atoms. The van der Waals surface area contributed by atoms with Crippen molar-refractivity contribution in [1.82, 2.24) is 9.13 Å². The number of anilines is 1. The number of aliphatic hydroxyl groups is 1. The summed E-state index contributed by atoms with van der Waals surface area (Å²) in [6.07, 6.45) is -3.95. The highest BCUT2D eigenvalue weighted by Gasteiger charge is 2.52. The fraction of sp³-hybridized carbons (Fsp3) is 0.444. The molecule has 17 heteroatoms. The fourth-order valence-corrected chi connectivity index (χ4v) is 8.71. The Hall–Kier alpha value is -6.37. The molecular formula is C54H64FN3O13. The number of carbonyl (C=O) groups is 2. The van der Waals surface area contributed by atoms with E-state index >= 15 is 4.39 Å². The molecule has 380 valence electrons. The van der Waals surface area contributed by atoms with Crippen molar-refractivity contribution in [2.75, 3.05) is 45.9 Å². The van der Waals surface area contributed by atoms with Crippen LogP contribution in [0.1, 0.15) is 82.7 Å². The normalized spacial score (nSPS) is 19.3. The second kappa shape index (κ2) is 21.5. The van der Waals surface area contributed by atoms with Crippen molar-refractivity contribution in [3.8, 4) is 11.5 Å². The maximum atomic E-state index is 15.0. The molecule has 0 radical (unpaired) electrons. The van der Waals surface area contributed by atoms with Gasteiger partial charge in [0.1, 0.15) is 47.3 Å². The second-order valence-corrected chi connectivity index (χ2v) is 19.7. The number of rotatable bonds is 17. The molecule has 1 aromatic heterocycles. The van der Waals surface area contributed by atoms with Crippen molar-refractivity contribution in [3.05, 3.63) is 158 Å². The number of methoxy groups -OCH3 is 3. The van der Waals surface area contributed by atoms with Crippen LogP contribution in [0, 0.1) is 16.6 Å². The van der Waals surface area contributed by atoms with Crippen LogP contribution in [0.5, 0.6) is 11.5 Å². The summed E-state index contributed by atoms with van der Waals surface area (Å²) in [6.45, 7) is 8.70. The van der Waals surface area contributed by atoms with Gasteiger partial charge in [-0.2, -0.15) is 0 Å². The Balaban J connectivity index is 1.33. The van der Waals surface area contributed by atoms with Gasteiger partial charge in [-0.25, -0.2) is 13.8 Å². The summed E-state index contributed by atoms with van der Waals surface area (Å²) in [6, 6.07) is 30.8. The zero-order valence-corrected chi connectivity index (χ0v) is 41.7. The summed E-state index contributed by atoms with van der Waals surface area (Å²) in [5.41, 5.74) is -2.79. The van der Waals surface area contributed by atoms with Gasteiger partial charge in [0.2, 0.25) is 0 Å². The Labute approximate surface area is 412 Å². The van der Waals surface area contributed by atoms with Crippen molar-refractivity contribution in [2.24, 2.45) is 10.8 Å². The minimum atomic E-state index is -1.53. The lowest BCUT2D eigenvalue weighted by Crippen LogP contribution is -2.52. The van der Waals surface area contributed by atoms with Crippen molar-refractivity contribution in [2.45, 2.75) is 104 Å². The van der Waals surface area contributed by atoms with Gasteiger partial charge in [0.25, 0.3) is 5.56 Å². The minimum absolute atomic E-state index is 0.190. The molecule has 0 unspecified atom stereocenters. The maximum Gasteiger partial charge on any atom is 0.336 e. The lowest BCUT2D eigenvalue weighted by molar-refractivity contribution is -0.271. The first kappa shape index (κ1) is 52.5. The van der Waals surface area contributed by atoms with E-state index in [0.717, 1.165) is 10.1 Å². The van der Waals surface area contributed by atoms with Gasteiger partial charge >= 0.3 is 17.6 Å². The number of esters is 2. The van der Waals surface area contributed by atoms with Gasteiger partial charge in [-0.1, -0.05) is 66.7 Å². The van der Waals surface area contributed by atoms with E-state index < -0.39 is 83.3 Å². The summed E-state index contributed by atoms with van der Waals surface area (Å²) in [4.78, 5) is 56.9. The SMILES string of the molecule is COc1ccc(C(OC[C@H]2O[C@@H](c3cn(COC(=O)C(C)(C)C)c(=O)n(COC(=O)C(C)(C)C)c3=O)[C@H](OC3(OC)CCN(c4ccccc4F)CC3)[C@@H]2O)(c2ccccc2)c2ccc(OC)cc2)cc1. The predicted octanol–water partition coefficient (Wildman–Crippen LogP) is 7.10. The van der Waals surface area contributed by atoms with Crippen molar-refractivity contribution >= 4 is 17.6 Å². The largest absolute Gasteiger partial charge is 0.497 e. The highest BCUT2D eigenvalue weighted by Crippen LogP contribution is 2.45. The third kappa shape index (κ3) is 11.2. The molecule has 0 amide bonds. The second-order valence-electron chi connectivity index (χ2n) is 19.7. The molecule has 0 saturated carbocycles. The standard InChI is InChI=1S/C54H64FN3O13/c1-51(2,3)48(61)67-33-57-31-40(47(60)58(50(57)63)34-68-49(62)52(4,5)6)45-46(71-53(66-9)27-29-56(30-28-53)42-18-14-13-17-41(42)55)44(59)43(70-45)32-69-54(35-15-11-10-12-16-35,36-19-23-38(64-7)24-20-36)37-21-25-39(65-8)26-22-37/h10-26,31,43-46,59H,27-30,32-34H2,1-9H3/t43-,44-,45+,46-/m1/s1. The number of benzene rings is 4. The van der Waals surface area contributed by atoms with Crippen molar-refractivity contribution in [3.63, 3.8) is 0 Å². The van der Waals surface area contributed by atoms with Gasteiger partial charge < -0.3 is 47.9 Å². The number of ether oxygens (including phenoxy) is 8. The molecular weight excluding hydrogens is 918 g/mol. The fourth-order valence-electron chi connectivity index (χ4n) is 8.71. The van der Waals surface area contributed by atoms with E-state index in [9.17, 15) is 24.3 Å². The first-order valence-corrected chi connectivity index (χ1v) is 23.5. The molecule has 2 aliphatic rings. The molecule has 16 nitrogen and oxygen atoms in total. The van der Waals surface area contributed by atoms with Gasteiger partial charge in [0.05, 0.1) is 42.9 Å². The van der Waals surface area contributed by atoms with E-state index in [-0.39, 0.29) is 30.8 Å². The number of piperidine rings is 1. The molecule has 0 spiro atoms. The molecule has 7 rings (SSSR count). The highest BCUT2D eigenvalue weighted by atomic mass is 19.1. The lowest BCUT2D eigenvalue weighted by atomic mass is 9.80. The number of halogens is 1. The van der Waals surface area contributed by atoms with E-state index in [0.29, 0.717) is 46.0 Å². The van der Waals surface area contributed by atoms with Crippen LogP contribution in [0.4, 0.5) is 10.1 Å². The number of carbonyl (C=O) groups excluding carboxylic acids is 2. The molecule has 1 N–H and O–H groups in total. The molecule has 2 aliphatic heterocycles. The van der Waals surface area contributed by atoms with Crippen LogP contribution in [0.2, 0.25) is 0 Å². The van der Waals surface area contributed by atoms with E-state index in [2.05, 4.69) is 0 Å². The number of para-hydroxylation sites is 1. The van der Waals surface area contributed by atoms with Crippen LogP contribution in [0.25, 0.3) is 0 Å². The summed E-state index contributed by atoms with van der Waals surface area (Å²) < 4.78 is 65.8. The van der Waals surface area contributed by atoms with Gasteiger partial charge in [-0.05, 0) is 94.6 Å². The van der Waals surface area contributed by atoms with Gasteiger partial charge in [-0.3, -0.25) is 19.0 Å². The Morgan fingerprint density at radius 3 is 1.77 bits per heavy atom. The quantitative estimate of drug-likeness (QED) is 0.0568. The van der Waals surface area contributed by atoms with Crippen LogP contribution in [-0.4, -0.2) is 91.3 Å². The first-order chi connectivity index (χ1) is 33.7. The Kier molecular flexibility index (Phi) is 15.9. The zero-order valence-electron chi connectivity index (χ0n) is 41.7. The van der Waals surface area contributed by atoms with E-state index in [1.54, 1.807) is 74.0 Å². The minimum Gasteiger partial charge on any atom is -0.497 e. The zero-order chi connectivity index (χ0) is 51.3. The number of nitrogens with zero attached hydrogens (tertiary/aromatic N) is 3. The summed E-state index contributed by atoms with van der Waals surface area (Å²) >= 11 is 0. The van der Waals surface area contributed by atoms with Crippen LogP contribution >= 0.6 is 0 Å². The molecule has 5 aromatic rings. The van der Waals surface area contributed by atoms with Crippen LogP contribution in [0.3, 0.4) is 0 Å². The number of aromatic nitrogens is 2. The van der Waals surface area contributed by atoms with Crippen LogP contribution in [-0.2, 0) is 57.1 Å². The third-order valence-corrected chi connectivity index (χ3v) is 12.9. The van der Waals surface area contributed by atoms with E-state index in [1.807, 2.05) is 83.8 Å². The van der Waals surface area contributed by atoms with E-state index in [4.69, 9.17) is 37.9 Å². The summed E-state index contributed by atoms with van der Waals surface area (Å²) in [5, 5.41) is 12.7. The maximum absolute atomic E-state index is 15.0. The molecule has 0 aliphatic carbocycles.